The summed E-state index contributed by atoms with van der Waals surface area (Å²) in [5.74, 6) is 0.986. The van der Waals surface area contributed by atoms with Crippen LogP contribution in [0.15, 0.2) is 29.2 Å². The summed E-state index contributed by atoms with van der Waals surface area (Å²) in [6.07, 6.45) is 1.65. The average molecular weight is 348 g/mol. The van der Waals surface area contributed by atoms with Crippen LogP contribution >= 0.6 is 0 Å². The fraction of sp³-hybridized carbons (Fsp3) is 0.333. The van der Waals surface area contributed by atoms with Crippen LogP contribution in [0, 0.1) is 0 Å². The third-order valence-corrected chi connectivity index (χ3v) is 4.84. The number of rotatable bonds is 4. The number of hydrogen-bond donors (Lipinski definition) is 4. The summed E-state index contributed by atoms with van der Waals surface area (Å²) in [4.78, 5) is 8.74. The molecule has 24 heavy (non-hydrogen) atoms. The normalized spacial score (nSPS) is 14.7. The second-order valence-corrected chi connectivity index (χ2v) is 7.21. The SMILES string of the molecule is Nc1nc2c(c(NCc3ccc(S(N)(=O)=O)cc3)n1)CCNCC2. The summed E-state index contributed by atoms with van der Waals surface area (Å²) in [6.45, 7) is 2.25. The summed E-state index contributed by atoms with van der Waals surface area (Å²) >= 11 is 0. The minimum Gasteiger partial charge on any atom is -0.368 e. The number of nitrogen functional groups attached to an aromatic ring is 1. The van der Waals surface area contributed by atoms with E-state index in [1.165, 1.54) is 12.1 Å². The van der Waals surface area contributed by atoms with E-state index in [0.717, 1.165) is 48.6 Å². The Morgan fingerprint density at radius 1 is 1.12 bits per heavy atom. The van der Waals surface area contributed by atoms with Gasteiger partial charge in [0.2, 0.25) is 16.0 Å². The van der Waals surface area contributed by atoms with Crippen LogP contribution in [-0.2, 0) is 29.4 Å². The highest BCUT2D eigenvalue weighted by molar-refractivity contribution is 7.89. The molecule has 1 aliphatic rings. The van der Waals surface area contributed by atoms with E-state index in [1.807, 2.05) is 0 Å². The van der Waals surface area contributed by atoms with Crippen molar-refractivity contribution >= 4 is 21.8 Å². The largest absolute Gasteiger partial charge is 0.368 e. The van der Waals surface area contributed by atoms with Crippen molar-refractivity contribution in [1.29, 1.82) is 0 Å². The Hall–Kier alpha value is -2.23. The van der Waals surface area contributed by atoms with Crippen LogP contribution in [0.3, 0.4) is 0 Å². The summed E-state index contributed by atoms with van der Waals surface area (Å²) in [5.41, 5.74) is 8.77. The first-order chi connectivity index (χ1) is 11.4. The van der Waals surface area contributed by atoms with Gasteiger partial charge in [-0.3, -0.25) is 0 Å². The lowest BCUT2D eigenvalue weighted by Crippen LogP contribution is -2.16. The minimum atomic E-state index is -3.67. The van der Waals surface area contributed by atoms with Crippen molar-refractivity contribution < 1.29 is 8.42 Å². The summed E-state index contributed by atoms with van der Waals surface area (Å²) in [6, 6.07) is 6.42. The molecule has 8 nitrogen and oxygen atoms in total. The molecule has 0 spiro atoms. The third kappa shape index (κ3) is 3.81. The molecular formula is C15H20N6O2S. The molecule has 2 aromatic rings. The van der Waals surface area contributed by atoms with Crippen LogP contribution in [0.2, 0.25) is 0 Å². The first kappa shape index (κ1) is 16.6. The number of anilines is 2. The molecule has 0 aliphatic carbocycles. The molecule has 9 heteroatoms. The van der Waals surface area contributed by atoms with Gasteiger partial charge in [-0.05, 0) is 30.7 Å². The van der Waals surface area contributed by atoms with Gasteiger partial charge in [0.1, 0.15) is 5.82 Å². The maximum atomic E-state index is 11.3. The molecule has 0 radical (unpaired) electrons. The first-order valence-corrected chi connectivity index (χ1v) is 9.20. The number of hydrogen-bond acceptors (Lipinski definition) is 7. The maximum absolute atomic E-state index is 11.3. The van der Waals surface area contributed by atoms with Crippen LogP contribution < -0.4 is 21.5 Å². The van der Waals surface area contributed by atoms with E-state index in [4.69, 9.17) is 10.9 Å². The van der Waals surface area contributed by atoms with Crippen LogP contribution in [-0.4, -0.2) is 31.5 Å². The van der Waals surface area contributed by atoms with Crippen LogP contribution in [0.4, 0.5) is 11.8 Å². The summed E-state index contributed by atoms with van der Waals surface area (Å²) in [5, 5.41) is 11.7. The van der Waals surface area contributed by atoms with Crippen molar-refractivity contribution in [2.45, 2.75) is 24.3 Å². The van der Waals surface area contributed by atoms with Crippen LogP contribution in [0.1, 0.15) is 16.8 Å². The molecule has 2 heterocycles. The van der Waals surface area contributed by atoms with Crippen molar-refractivity contribution in [1.82, 2.24) is 15.3 Å². The van der Waals surface area contributed by atoms with E-state index in [2.05, 4.69) is 20.6 Å². The second kappa shape index (κ2) is 6.71. The molecule has 128 valence electrons. The molecule has 0 saturated heterocycles. The van der Waals surface area contributed by atoms with Gasteiger partial charge in [0.05, 0.1) is 10.6 Å². The molecule has 0 amide bonds. The zero-order valence-corrected chi connectivity index (χ0v) is 13.9. The van der Waals surface area contributed by atoms with Gasteiger partial charge in [0.25, 0.3) is 0 Å². The van der Waals surface area contributed by atoms with E-state index in [0.29, 0.717) is 6.54 Å². The molecule has 0 fully saturated rings. The van der Waals surface area contributed by atoms with Gasteiger partial charge in [-0.15, -0.1) is 0 Å². The molecule has 0 atom stereocenters. The Kier molecular flexibility index (Phi) is 4.65. The lowest BCUT2D eigenvalue weighted by atomic mass is 10.1. The van der Waals surface area contributed by atoms with Gasteiger partial charge in [0, 0.05) is 25.1 Å². The average Bonchev–Trinajstić information content (AvgIpc) is 2.77. The molecule has 0 bridgehead atoms. The molecule has 3 rings (SSSR count). The quantitative estimate of drug-likeness (QED) is 0.611. The number of nitrogens with zero attached hydrogens (tertiary/aromatic N) is 2. The zero-order valence-electron chi connectivity index (χ0n) is 13.1. The van der Waals surface area contributed by atoms with E-state index in [1.54, 1.807) is 12.1 Å². The van der Waals surface area contributed by atoms with E-state index < -0.39 is 10.0 Å². The van der Waals surface area contributed by atoms with Crippen molar-refractivity contribution in [3.8, 4) is 0 Å². The van der Waals surface area contributed by atoms with E-state index >= 15 is 0 Å². The van der Waals surface area contributed by atoms with Crippen molar-refractivity contribution in [2.24, 2.45) is 5.14 Å². The molecule has 6 N–H and O–H groups in total. The lowest BCUT2D eigenvalue weighted by Gasteiger charge is -2.13. The molecule has 0 unspecified atom stereocenters. The predicted octanol–water partition coefficient (Wildman–Crippen LogP) is 0.00650. The highest BCUT2D eigenvalue weighted by Crippen LogP contribution is 2.21. The fourth-order valence-electron chi connectivity index (χ4n) is 2.69. The number of benzene rings is 1. The summed E-state index contributed by atoms with van der Waals surface area (Å²) in [7, 11) is -3.67. The smallest absolute Gasteiger partial charge is 0.238 e. The zero-order chi connectivity index (χ0) is 17.2. The highest BCUT2D eigenvalue weighted by Gasteiger charge is 2.15. The lowest BCUT2D eigenvalue weighted by molar-refractivity contribution is 0.598. The second-order valence-electron chi connectivity index (χ2n) is 5.65. The van der Waals surface area contributed by atoms with Gasteiger partial charge >= 0.3 is 0 Å². The Morgan fingerprint density at radius 3 is 2.54 bits per heavy atom. The Bertz CT molecular complexity index is 836. The Labute approximate surface area is 140 Å². The number of sulfonamides is 1. The van der Waals surface area contributed by atoms with E-state index in [9.17, 15) is 8.42 Å². The number of primary sulfonamides is 1. The standard InChI is InChI=1S/C15H20N6O2S/c16-15-20-13-6-8-18-7-5-12(13)14(21-15)19-9-10-1-3-11(4-2-10)24(17,22)23/h1-4,18H,5-9H2,(H2,17,22,23)(H3,16,19,20,21). The van der Waals surface area contributed by atoms with Gasteiger partial charge in [-0.1, -0.05) is 12.1 Å². The Morgan fingerprint density at radius 2 is 1.83 bits per heavy atom. The molecular weight excluding hydrogens is 328 g/mol. The highest BCUT2D eigenvalue weighted by atomic mass is 32.2. The topological polar surface area (TPSA) is 136 Å². The van der Waals surface area contributed by atoms with Crippen molar-refractivity contribution in [2.75, 3.05) is 24.1 Å². The van der Waals surface area contributed by atoms with Crippen molar-refractivity contribution in [3.63, 3.8) is 0 Å². The number of aromatic nitrogens is 2. The third-order valence-electron chi connectivity index (χ3n) is 3.91. The van der Waals surface area contributed by atoms with Gasteiger partial charge in [-0.25, -0.2) is 18.5 Å². The molecule has 1 aromatic heterocycles. The predicted molar refractivity (Wildman–Crippen MR) is 91.9 cm³/mol. The monoisotopic (exact) mass is 348 g/mol. The van der Waals surface area contributed by atoms with Gasteiger partial charge in [0.15, 0.2) is 0 Å². The number of nitrogens with two attached hydrogens (primary N) is 2. The van der Waals surface area contributed by atoms with Crippen LogP contribution in [0.25, 0.3) is 0 Å². The molecule has 1 aliphatic heterocycles. The van der Waals surface area contributed by atoms with Crippen LogP contribution in [0.5, 0.6) is 0 Å². The summed E-state index contributed by atoms with van der Waals surface area (Å²) < 4.78 is 22.6. The number of fused-ring (bicyclic) bond motifs is 1. The maximum Gasteiger partial charge on any atom is 0.238 e. The molecule has 0 saturated carbocycles. The van der Waals surface area contributed by atoms with E-state index in [-0.39, 0.29) is 10.8 Å². The Balaban J connectivity index is 1.78. The minimum absolute atomic E-state index is 0.0949. The number of nitrogens with one attached hydrogen (secondary N) is 2. The first-order valence-electron chi connectivity index (χ1n) is 7.65. The molecule has 1 aromatic carbocycles. The fourth-order valence-corrected chi connectivity index (χ4v) is 3.21. The van der Waals surface area contributed by atoms with Gasteiger partial charge < -0.3 is 16.4 Å². The van der Waals surface area contributed by atoms with Crippen molar-refractivity contribution in [3.05, 3.63) is 41.1 Å². The van der Waals surface area contributed by atoms with Gasteiger partial charge in [-0.2, -0.15) is 4.98 Å².